The van der Waals surface area contributed by atoms with Gasteiger partial charge in [-0.05, 0) is 55.7 Å². The van der Waals surface area contributed by atoms with Gasteiger partial charge in [0.1, 0.15) is 5.75 Å². The van der Waals surface area contributed by atoms with E-state index in [0.717, 1.165) is 19.3 Å². The van der Waals surface area contributed by atoms with E-state index in [1.807, 2.05) is 0 Å². The third-order valence-electron chi connectivity index (χ3n) is 4.84. The van der Waals surface area contributed by atoms with Crippen LogP contribution in [-0.2, 0) is 14.8 Å². The van der Waals surface area contributed by atoms with Crippen LogP contribution >= 0.6 is 0 Å². The fourth-order valence-corrected chi connectivity index (χ4v) is 4.72. The van der Waals surface area contributed by atoms with Crippen molar-refractivity contribution < 1.29 is 22.9 Å². The van der Waals surface area contributed by atoms with Crippen molar-refractivity contribution in [1.82, 2.24) is 4.31 Å². The molecule has 30 heavy (non-hydrogen) atoms. The lowest BCUT2D eigenvalue weighted by molar-refractivity contribution is -0.384. The number of hydrogen-bond acceptors (Lipinski definition) is 6. The number of piperidine rings is 1. The van der Waals surface area contributed by atoms with Crippen LogP contribution < -0.4 is 10.1 Å². The number of carbonyl (C=O) groups is 1. The Morgan fingerprint density at radius 1 is 1.13 bits per heavy atom. The molecule has 1 amide bonds. The van der Waals surface area contributed by atoms with Crippen molar-refractivity contribution in [3.63, 3.8) is 0 Å². The summed E-state index contributed by atoms with van der Waals surface area (Å²) in [6.07, 6.45) is 2.77. The van der Waals surface area contributed by atoms with Gasteiger partial charge in [-0.25, -0.2) is 8.42 Å². The zero-order chi connectivity index (χ0) is 21.7. The van der Waals surface area contributed by atoms with Gasteiger partial charge in [0, 0.05) is 30.9 Å². The number of sulfonamides is 1. The molecule has 0 atom stereocenters. The standard InChI is InChI=1S/C20H23N3O6S/c1-15-13-16(23(25)26)5-10-19(15)21-20(24)14-29-17-6-8-18(9-7-17)30(27,28)22-11-3-2-4-12-22/h5-10,13H,2-4,11-12,14H2,1H3,(H,21,24). The number of nitro benzene ring substituents is 1. The van der Waals surface area contributed by atoms with Gasteiger partial charge in [0.15, 0.2) is 6.61 Å². The molecule has 2 aromatic carbocycles. The molecule has 0 aliphatic carbocycles. The first-order valence-electron chi connectivity index (χ1n) is 9.55. The van der Waals surface area contributed by atoms with Crippen molar-refractivity contribution in [3.8, 4) is 5.75 Å². The molecule has 1 N–H and O–H groups in total. The number of hydrogen-bond donors (Lipinski definition) is 1. The van der Waals surface area contributed by atoms with Crippen LogP contribution in [0.2, 0.25) is 0 Å². The van der Waals surface area contributed by atoms with Gasteiger partial charge >= 0.3 is 0 Å². The van der Waals surface area contributed by atoms with Crippen molar-refractivity contribution in [2.24, 2.45) is 0 Å². The Balaban J connectivity index is 1.57. The molecule has 0 spiro atoms. The zero-order valence-corrected chi connectivity index (χ0v) is 17.4. The molecular weight excluding hydrogens is 410 g/mol. The van der Waals surface area contributed by atoms with E-state index in [0.29, 0.717) is 30.1 Å². The lowest BCUT2D eigenvalue weighted by Gasteiger charge is -2.25. The van der Waals surface area contributed by atoms with Crippen LogP contribution in [0.1, 0.15) is 24.8 Å². The number of nitrogens with zero attached hydrogens (tertiary/aromatic N) is 2. The smallest absolute Gasteiger partial charge is 0.269 e. The van der Waals surface area contributed by atoms with Crippen LogP contribution in [0.15, 0.2) is 47.4 Å². The lowest BCUT2D eigenvalue weighted by atomic mass is 10.2. The normalized spacial score (nSPS) is 14.8. The highest BCUT2D eigenvalue weighted by molar-refractivity contribution is 7.89. The van der Waals surface area contributed by atoms with Gasteiger partial charge in [0.2, 0.25) is 10.0 Å². The molecule has 0 unspecified atom stereocenters. The molecule has 3 rings (SSSR count). The second kappa shape index (κ2) is 9.23. The summed E-state index contributed by atoms with van der Waals surface area (Å²) in [6, 6.07) is 10.1. The van der Waals surface area contributed by atoms with E-state index < -0.39 is 20.9 Å². The Hall–Kier alpha value is -2.98. The number of anilines is 1. The number of benzene rings is 2. The van der Waals surface area contributed by atoms with E-state index in [9.17, 15) is 23.3 Å². The molecule has 1 heterocycles. The third kappa shape index (κ3) is 5.14. The highest BCUT2D eigenvalue weighted by Gasteiger charge is 2.25. The van der Waals surface area contributed by atoms with Crippen molar-refractivity contribution in [1.29, 1.82) is 0 Å². The monoisotopic (exact) mass is 433 g/mol. The van der Waals surface area contributed by atoms with Crippen LogP contribution in [0, 0.1) is 17.0 Å². The van der Waals surface area contributed by atoms with Gasteiger partial charge in [0.05, 0.1) is 9.82 Å². The molecule has 0 aromatic heterocycles. The number of carbonyl (C=O) groups excluding carboxylic acids is 1. The van der Waals surface area contributed by atoms with Gasteiger partial charge in [0.25, 0.3) is 11.6 Å². The Kier molecular flexibility index (Phi) is 6.68. The van der Waals surface area contributed by atoms with Crippen molar-refractivity contribution in [3.05, 3.63) is 58.1 Å². The summed E-state index contributed by atoms with van der Waals surface area (Å²) >= 11 is 0. The predicted molar refractivity (Wildman–Crippen MR) is 111 cm³/mol. The zero-order valence-electron chi connectivity index (χ0n) is 16.5. The van der Waals surface area contributed by atoms with E-state index in [1.165, 1.54) is 46.8 Å². The van der Waals surface area contributed by atoms with Crippen LogP contribution in [0.3, 0.4) is 0 Å². The topological polar surface area (TPSA) is 119 Å². The maximum atomic E-state index is 12.6. The maximum absolute atomic E-state index is 12.6. The maximum Gasteiger partial charge on any atom is 0.269 e. The molecule has 2 aromatic rings. The molecule has 0 saturated carbocycles. The van der Waals surface area contributed by atoms with E-state index in [2.05, 4.69) is 5.32 Å². The number of rotatable bonds is 7. The Morgan fingerprint density at radius 2 is 1.80 bits per heavy atom. The summed E-state index contributed by atoms with van der Waals surface area (Å²) in [6.45, 7) is 2.44. The first kappa shape index (κ1) is 21.7. The van der Waals surface area contributed by atoms with Crippen molar-refractivity contribution in [2.45, 2.75) is 31.1 Å². The number of non-ortho nitro benzene ring substituents is 1. The summed E-state index contributed by atoms with van der Waals surface area (Å²) in [5, 5.41) is 13.4. The molecule has 160 valence electrons. The van der Waals surface area contributed by atoms with Crippen LogP contribution in [0.25, 0.3) is 0 Å². The van der Waals surface area contributed by atoms with Gasteiger partial charge in [-0.1, -0.05) is 6.42 Å². The highest BCUT2D eigenvalue weighted by Crippen LogP contribution is 2.23. The third-order valence-corrected chi connectivity index (χ3v) is 6.75. The van der Waals surface area contributed by atoms with Crippen molar-refractivity contribution >= 4 is 27.3 Å². The first-order valence-corrected chi connectivity index (χ1v) is 11.0. The lowest BCUT2D eigenvalue weighted by Crippen LogP contribution is -2.35. The summed E-state index contributed by atoms with van der Waals surface area (Å²) in [7, 11) is -3.51. The fourth-order valence-electron chi connectivity index (χ4n) is 3.20. The number of aryl methyl sites for hydroxylation is 1. The van der Waals surface area contributed by atoms with E-state index in [1.54, 1.807) is 6.92 Å². The summed E-state index contributed by atoms with van der Waals surface area (Å²) in [5.41, 5.74) is 0.961. The SMILES string of the molecule is Cc1cc([N+](=O)[O-])ccc1NC(=O)COc1ccc(S(=O)(=O)N2CCCCC2)cc1. The summed E-state index contributed by atoms with van der Waals surface area (Å²) in [4.78, 5) is 22.6. The molecule has 1 aliphatic heterocycles. The fraction of sp³-hybridized carbons (Fsp3) is 0.350. The molecule has 0 bridgehead atoms. The minimum Gasteiger partial charge on any atom is -0.484 e. The van der Waals surface area contributed by atoms with Crippen LogP contribution in [0.5, 0.6) is 5.75 Å². The van der Waals surface area contributed by atoms with Gasteiger partial charge < -0.3 is 10.1 Å². The van der Waals surface area contributed by atoms with Gasteiger partial charge in [-0.2, -0.15) is 4.31 Å². The largest absolute Gasteiger partial charge is 0.484 e. The predicted octanol–water partition coefficient (Wildman–Crippen LogP) is 3.10. The number of nitro groups is 1. The van der Waals surface area contributed by atoms with Crippen LogP contribution in [-0.4, -0.2) is 43.2 Å². The molecular formula is C20H23N3O6S. The second-order valence-electron chi connectivity index (χ2n) is 7.03. The van der Waals surface area contributed by atoms with Crippen molar-refractivity contribution in [2.75, 3.05) is 25.0 Å². The summed E-state index contributed by atoms with van der Waals surface area (Å²) in [5.74, 6) is -0.0693. The molecule has 1 saturated heterocycles. The van der Waals surface area contributed by atoms with Gasteiger partial charge in [-0.3, -0.25) is 14.9 Å². The second-order valence-corrected chi connectivity index (χ2v) is 8.97. The quantitative estimate of drug-likeness (QED) is 0.529. The molecule has 0 radical (unpaired) electrons. The highest BCUT2D eigenvalue weighted by atomic mass is 32.2. The number of nitrogens with one attached hydrogen (secondary N) is 1. The average Bonchev–Trinajstić information content (AvgIpc) is 2.74. The average molecular weight is 433 g/mol. The molecule has 1 aliphatic rings. The Labute approximate surface area is 174 Å². The molecule has 9 nitrogen and oxygen atoms in total. The Bertz CT molecular complexity index is 1030. The van der Waals surface area contributed by atoms with Crippen LogP contribution in [0.4, 0.5) is 11.4 Å². The molecule has 10 heteroatoms. The molecule has 1 fully saturated rings. The van der Waals surface area contributed by atoms with E-state index in [-0.39, 0.29) is 17.2 Å². The summed E-state index contributed by atoms with van der Waals surface area (Å²) < 4.78 is 32.2. The number of amides is 1. The van der Waals surface area contributed by atoms with E-state index >= 15 is 0 Å². The minimum absolute atomic E-state index is 0.0543. The minimum atomic E-state index is -3.51. The van der Waals surface area contributed by atoms with Gasteiger partial charge in [-0.15, -0.1) is 0 Å². The first-order chi connectivity index (χ1) is 14.3. The number of ether oxygens (including phenoxy) is 1. The van der Waals surface area contributed by atoms with E-state index in [4.69, 9.17) is 4.74 Å². The Morgan fingerprint density at radius 3 is 2.40 bits per heavy atom.